The van der Waals surface area contributed by atoms with Crippen molar-refractivity contribution in [2.45, 2.75) is 13.0 Å². The number of furan rings is 1. The summed E-state index contributed by atoms with van der Waals surface area (Å²) in [5.41, 5.74) is 1.41. The van der Waals surface area contributed by atoms with E-state index < -0.39 is 12.0 Å². The molecular weight excluding hydrogens is 651 g/mol. The third-order valence-corrected chi connectivity index (χ3v) is 9.16. The van der Waals surface area contributed by atoms with Crippen molar-refractivity contribution in [3.05, 3.63) is 104 Å². The zero-order chi connectivity index (χ0) is 23.8. The van der Waals surface area contributed by atoms with Crippen LogP contribution in [0.1, 0.15) is 29.2 Å². The van der Waals surface area contributed by atoms with Crippen LogP contribution >= 0.6 is 61.2 Å². The zero-order valence-electron chi connectivity index (χ0n) is 17.7. The molecule has 0 bridgehead atoms. The monoisotopic (exact) mass is 666 g/mol. The molecule has 10 heteroatoms. The molecule has 1 aromatic carbocycles. The second kappa shape index (κ2) is 9.76. The Kier molecular flexibility index (Phi) is 6.74. The molecule has 1 atom stereocenters. The highest BCUT2D eigenvalue weighted by atomic mass is 127. The summed E-state index contributed by atoms with van der Waals surface area (Å²) in [4.78, 5) is 33.1. The molecule has 6 nitrogen and oxygen atoms in total. The molecule has 1 aliphatic rings. The number of carbonyl (C=O) groups excluding carboxylic acids is 1. The Morgan fingerprint density at radius 1 is 1.29 bits per heavy atom. The summed E-state index contributed by atoms with van der Waals surface area (Å²) in [6.07, 6.45) is 1.71. The summed E-state index contributed by atoms with van der Waals surface area (Å²) >= 11 is 8.27. The average molecular weight is 667 g/mol. The lowest BCUT2D eigenvalue weighted by Gasteiger charge is -2.24. The van der Waals surface area contributed by atoms with Gasteiger partial charge in [-0.3, -0.25) is 9.36 Å². The van der Waals surface area contributed by atoms with Gasteiger partial charge in [-0.2, -0.15) is 0 Å². The topological polar surface area (TPSA) is 73.8 Å². The molecule has 0 aliphatic carbocycles. The lowest BCUT2D eigenvalue weighted by atomic mass is 9.97. The number of esters is 1. The number of nitrogens with zero attached hydrogens (tertiary/aromatic N) is 2. The highest BCUT2D eigenvalue weighted by Gasteiger charge is 2.35. The predicted molar refractivity (Wildman–Crippen MR) is 145 cm³/mol. The highest BCUT2D eigenvalue weighted by Crippen LogP contribution is 2.36. The number of carbonyl (C=O) groups is 1. The van der Waals surface area contributed by atoms with Crippen molar-refractivity contribution in [1.82, 2.24) is 4.57 Å². The quantitative estimate of drug-likeness (QED) is 0.223. The number of thiophene rings is 1. The number of thiazole rings is 1. The number of aromatic nitrogens is 1. The van der Waals surface area contributed by atoms with Gasteiger partial charge in [-0.15, -0.1) is 11.3 Å². The van der Waals surface area contributed by atoms with Gasteiger partial charge in [0.15, 0.2) is 8.57 Å². The number of halogens is 2. The van der Waals surface area contributed by atoms with E-state index in [0.717, 1.165) is 14.9 Å². The van der Waals surface area contributed by atoms with E-state index in [9.17, 15) is 9.59 Å². The van der Waals surface area contributed by atoms with Gasteiger partial charge in [-0.1, -0.05) is 47.7 Å². The van der Waals surface area contributed by atoms with Crippen LogP contribution in [0.4, 0.5) is 0 Å². The van der Waals surface area contributed by atoms with Crippen LogP contribution in [0.2, 0.25) is 0 Å². The summed E-state index contributed by atoms with van der Waals surface area (Å²) in [6, 6.07) is 14.5. The first kappa shape index (κ1) is 23.5. The highest BCUT2D eigenvalue weighted by molar-refractivity contribution is 14.1. The van der Waals surface area contributed by atoms with Crippen molar-refractivity contribution in [1.29, 1.82) is 0 Å². The lowest BCUT2D eigenvalue weighted by molar-refractivity contribution is -0.138. The first-order valence-electron chi connectivity index (χ1n) is 10.2. The predicted octanol–water partition coefficient (Wildman–Crippen LogP) is 4.96. The molecule has 4 aromatic rings. The Bertz CT molecular complexity index is 1560. The maximum Gasteiger partial charge on any atom is 0.338 e. The number of rotatable bonds is 5. The minimum absolute atomic E-state index is 0.220. The van der Waals surface area contributed by atoms with E-state index in [2.05, 4.69) is 38.5 Å². The molecule has 0 amide bonds. The van der Waals surface area contributed by atoms with Gasteiger partial charge in [0.2, 0.25) is 0 Å². The molecule has 4 heterocycles. The van der Waals surface area contributed by atoms with Crippen LogP contribution in [0.3, 0.4) is 0 Å². The standard InChI is InChI=1S/C24H16BrIN2O4S2/c1-2-31-23(30)18-19(13-7-4-3-5-8-13)27-24-28(20(18)16-9-6-10-33-16)22(29)17(34-24)12-14-11-15(25)21(26)32-14/h3-12,20H,2H2,1H3/b17-12+/t20-/m0/s1. The van der Waals surface area contributed by atoms with Gasteiger partial charge in [0.1, 0.15) is 11.8 Å². The molecule has 0 N–H and O–H groups in total. The molecular formula is C24H16BrIN2O4S2. The molecule has 3 aromatic heterocycles. The summed E-state index contributed by atoms with van der Waals surface area (Å²) in [5, 5.41) is 1.93. The van der Waals surface area contributed by atoms with Crippen LogP contribution in [0.25, 0.3) is 11.8 Å². The molecule has 5 rings (SSSR count). The fraction of sp³-hybridized carbons (Fsp3) is 0.125. The SMILES string of the molecule is CCOC(=O)C1=C(c2ccccc2)N=c2s/c(=C/c3cc(Br)c(I)o3)c(=O)n2[C@H]1c1cccs1. The first-order valence-corrected chi connectivity index (χ1v) is 13.8. The number of benzene rings is 1. The van der Waals surface area contributed by atoms with E-state index in [1.165, 1.54) is 22.7 Å². The largest absolute Gasteiger partial charge is 0.463 e. The maximum atomic E-state index is 13.6. The van der Waals surface area contributed by atoms with E-state index in [4.69, 9.17) is 14.1 Å². The zero-order valence-corrected chi connectivity index (χ0v) is 23.0. The average Bonchev–Trinajstić information content (AvgIpc) is 3.54. The van der Waals surface area contributed by atoms with Crippen LogP contribution < -0.4 is 14.9 Å². The van der Waals surface area contributed by atoms with Gasteiger partial charge in [0.25, 0.3) is 5.56 Å². The molecule has 0 saturated heterocycles. The second-order valence-electron chi connectivity index (χ2n) is 7.22. The molecule has 0 unspecified atom stereocenters. The Labute approximate surface area is 224 Å². The second-order valence-corrected chi connectivity index (χ2v) is 11.0. The fourth-order valence-electron chi connectivity index (χ4n) is 3.72. The molecule has 0 saturated carbocycles. The Balaban J connectivity index is 1.81. The van der Waals surface area contributed by atoms with Crippen molar-refractivity contribution < 1.29 is 13.9 Å². The number of ether oxygens (including phenoxy) is 1. The van der Waals surface area contributed by atoms with Crippen LogP contribution in [-0.2, 0) is 9.53 Å². The van der Waals surface area contributed by atoms with Gasteiger partial charge in [0, 0.05) is 39.1 Å². The van der Waals surface area contributed by atoms with Gasteiger partial charge in [0.05, 0.1) is 26.9 Å². The minimum Gasteiger partial charge on any atom is -0.463 e. The molecule has 1 aliphatic heterocycles. The number of hydrogen-bond donors (Lipinski definition) is 0. The van der Waals surface area contributed by atoms with Crippen molar-refractivity contribution in [2.24, 2.45) is 4.99 Å². The van der Waals surface area contributed by atoms with Gasteiger partial charge in [-0.05, 0) is 40.4 Å². The molecule has 0 radical (unpaired) electrons. The van der Waals surface area contributed by atoms with Crippen LogP contribution in [0, 0.1) is 3.77 Å². The third-order valence-electron chi connectivity index (χ3n) is 5.12. The first-order chi connectivity index (χ1) is 16.5. The van der Waals surface area contributed by atoms with Crippen molar-refractivity contribution >= 4 is 78.9 Å². The smallest absolute Gasteiger partial charge is 0.338 e. The Morgan fingerprint density at radius 3 is 2.74 bits per heavy atom. The summed E-state index contributed by atoms with van der Waals surface area (Å²) in [5.74, 6) is 0.0735. The van der Waals surface area contributed by atoms with Crippen LogP contribution in [0.5, 0.6) is 0 Å². The summed E-state index contributed by atoms with van der Waals surface area (Å²) in [7, 11) is 0. The van der Waals surface area contributed by atoms with Crippen LogP contribution in [0.15, 0.2) is 78.2 Å². The normalized spacial score (nSPS) is 15.9. The lowest BCUT2D eigenvalue weighted by Crippen LogP contribution is -2.39. The molecule has 34 heavy (non-hydrogen) atoms. The minimum atomic E-state index is -0.642. The molecule has 0 fully saturated rings. The van der Waals surface area contributed by atoms with E-state index in [-0.39, 0.29) is 12.2 Å². The van der Waals surface area contributed by atoms with Gasteiger partial charge >= 0.3 is 5.97 Å². The number of hydrogen-bond acceptors (Lipinski definition) is 7. The van der Waals surface area contributed by atoms with Crippen molar-refractivity contribution in [2.75, 3.05) is 6.61 Å². The van der Waals surface area contributed by atoms with Gasteiger partial charge < -0.3 is 9.15 Å². The Morgan fingerprint density at radius 2 is 2.09 bits per heavy atom. The van der Waals surface area contributed by atoms with Crippen LogP contribution in [-0.4, -0.2) is 17.1 Å². The van der Waals surface area contributed by atoms with E-state index in [0.29, 0.717) is 30.1 Å². The number of fused-ring (bicyclic) bond motifs is 1. The van der Waals surface area contributed by atoms with E-state index in [1.54, 1.807) is 17.6 Å². The fourth-order valence-corrected chi connectivity index (χ4v) is 6.24. The summed E-state index contributed by atoms with van der Waals surface area (Å²) in [6.45, 7) is 1.98. The Hall–Kier alpha value is -2.28. The third kappa shape index (κ3) is 4.28. The maximum absolute atomic E-state index is 13.6. The van der Waals surface area contributed by atoms with Crippen molar-refractivity contribution in [3.8, 4) is 0 Å². The van der Waals surface area contributed by atoms with E-state index >= 15 is 0 Å². The van der Waals surface area contributed by atoms with Gasteiger partial charge in [-0.25, -0.2) is 9.79 Å². The van der Waals surface area contributed by atoms with E-state index in [1.807, 2.05) is 53.9 Å². The molecule has 0 spiro atoms. The van der Waals surface area contributed by atoms with Crippen molar-refractivity contribution in [3.63, 3.8) is 0 Å². The summed E-state index contributed by atoms with van der Waals surface area (Å²) < 4.78 is 14.7. The molecule has 172 valence electrons.